The standard InChI is InChI=1S/C19H23FN2O4S/c20-15-7-13(26-10-12-1-4-25-9-12)8-16-18(15)19(23)22-17(21-16)11-27-14-2-5-24-6-3-14/h7-8,12,14H,1-6,9-11H2,(H,21,22,23)/t12-/m0/s1. The average molecular weight is 394 g/mol. The number of thioether (sulfide) groups is 1. The molecule has 2 aliphatic heterocycles. The second-order valence-electron chi connectivity index (χ2n) is 6.98. The molecular formula is C19H23FN2O4S. The Bertz CT molecular complexity index is 847. The van der Waals surface area contributed by atoms with Gasteiger partial charge in [-0.25, -0.2) is 9.37 Å². The van der Waals surface area contributed by atoms with Crippen LogP contribution in [0.5, 0.6) is 5.75 Å². The summed E-state index contributed by atoms with van der Waals surface area (Å²) in [5.41, 5.74) is -0.116. The highest BCUT2D eigenvalue weighted by Crippen LogP contribution is 2.26. The number of H-pyrrole nitrogens is 1. The Labute approximate surface area is 160 Å². The molecule has 1 N–H and O–H groups in total. The van der Waals surface area contributed by atoms with Gasteiger partial charge in [-0.3, -0.25) is 4.79 Å². The molecule has 2 saturated heterocycles. The van der Waals surface area contributed by atoms with E-state index in [1.165, 1.54) is 6.07 Å². The molecule has 0 bridgehead atoms. The summed E-state index contributed by atoms with van der Waals surface area (Å²) >= 11 is 1.75. The molecule has 27 heavy (non-hydrogen) atoms. The molecule has 0 unspecified atom stereocenters. The first-order chi connectivity index (χ1) is 13.2. The van der Waals surface area contributed by atoms with Crippen molar-refractivity contribution in [1.82, 2.24) is 9.97 Å². The van der Waals surface area contributed by atoms with Gasteiger partial charge in [-0.05, 0) is 19.3 Å². The number of rotatable bonds is 6. The van der Waals surface area contributed by atoms with Crippen molar-refractivity contribution < 1.29 is 18.6 Å². The molecule has 2 fully saturated rings. The molecule has 146 valence electrons. The molecule has 0 amide bonds. The zero-order chi connectivity index (χ0) is 18.6. The lowest BCUT2D eigenvalue weighted by molar-refractivity contribution is 0.1000. The predicted octanol–water partition coefficient (Wildman–Crippen LogP) is 2.89. The van der Waals surface area contributed by atoms with Crippen molar-refractivity contribution in [1.29, 1.82) is 0 Å². The largest absolute Gasteiger partial charge is 0.493 e. The quantitative estimate of drug-likeness (QED) is 0.812. The highest BCUT2D eigenvalue weighted by molar-refractivity contribution is 7.99. The van der Waals surface area contributed by atoms with Crippen LogP contribution in [0.2, 0.25) is 0 Å². The van der Waals surface area contributed by atoms with E-state index in [2.05, 4.69) is 9.97 Å². The molecule has 3 heterocycles. The first kappa shape index (κ1) is 18.7. The Morgan fingerprint density at radius 1 is 1.22 bits per heavy atom. The van der Waals surface area contributed by atoms with E-state index >= 15 is 0 Å². The summed E-state index contributed by atoms with van der Waals surface area (Å²) in [4.78, 5) is 19.5. The van der Waals surface area contributed by atoms with Gasteiger partial charge in [0.25, 0.3) is 5.56 Å². The fourth-order valence-corrected chi connectivity index (χ4v) is 4.42. The number of aromatic nitrogens is 2. The summed E-state index contributed by atoms with van der Waals surface area (Å²) < 4.78 is 30.8. The molecule has 0 saturated carbocycles. The van der Waals surface area contributed by atoms with Gasteiger partial charge in [0.2, 0.25) is 0 Å². The average Bonchev–Trinajstić information content (AvgIpc) is 3.19. The smallest absolute Gasteiger partial charge is 0.261 e. The van der Waals surface area contributed by atoms with Gasteiger partial charge < -0.3 is 19.2 Å². The maximum Gasteiger partial charge on any atom is 0.261 e. The first-order valence-corrected chi connectivity index (χ1v) is 10.4. The fraction of sp³-hybridized carbons (Fsp3) is 0.579. The van der Waals surface area contributed by atoms with Gasteiger partial charge in [0, 0.05) is 43.1 Å². The van der Waals surface area contributed by atoms with E-state index in [-0.39, 0.29) is 5.39 Å². The molecule has 2 aromatic rings. The second-order valence-corrected chi connectivity index (χ2v) is 8.26. The third-order valence-corrected chi connectivity index (χ3v) is 6.30. The molecule has 1 aromatic heterocycles. The van der Waals surface area contributed by atoms with E-state index in [0.29, 0.717) is 47.2 Å². The number of aromatic amines is 1. The van der Waals surface area contributed by atoms with Crippen LogP contribution in [0.4, 0.5) is 4.39 Å². The Morgan fingerprint density at radius 3 is 2.81 bits per heavy atom. The summed E-state index contributed by atoms with van der Waals surface area (Å²) in [6, 6.07) is 2.90. The van der Waals surface area contributed by atoms with Gasteiger partial charge in [0.05, 0.1) is 24.5 Å². The Kier molecular flexibility index (Phi) is 5.95. The van der Waals surface area contributed by atoms with Crippen molar-refractivity contribution in [3.8, 4) is 5.75 Å². The van der Waals surface area contributed by atoms with Gasteiger partial charge in [0.1, 0.15) is 22.8 Å². The Balaban J connectivity index is 1.50. The van der Waals surface area contributed by atoms with E-state index < -0.39 is 11.4 Å². The van der Waals surface area contributed by atoms with Gasteiger partial charge in [0.15, 0.2) is 0 Å². The number of ether oxygens (including phenoxy) is 3. The minimum atomic E-state index is -0.609. The topological polar surface area (TPSA) is 73.4 Å². The zero-order valence-electron chi connectivity index (χ0n) is 15.0. The van der Waals surface area contributed by atoms with Crippen LogP contribution in [0, 0.1) is 11.7 Å². The van der Waals surface area contributed by atoms with Crippen LogP contribution in [0.1, 0.15) is 25.1 Å². The molecular weight excluding hydrogens is 371 g/mol. The van der Waals surface area contributed by atoms with Crippen LogP contribution in [-0.2, 0) is 15.2 Å². The highest BCUT2D eigenvalue weighted by atomic mass is 32.2. The van der Waals surface area contributed by atoms with Crippen molar-refractivity contribution in [2.45, 2.75) is 30.3 Å². The van der Waals surface area contributed by atoms with Gasteiger partial charge in [-0.15, -0.1) is 0 Å². The third kappa shape index (κ3) is 4.62. The number of hydrogen-bond acceptors (Lipinski definition) is 6. The minimum Gasteiger partial charge on any atom is -0.493 e. The van der Waals surface area contributed by atoms with Gasteiger partial charge in [-0.1, -0.05) is 0 Å². The summed E-state index contributed by atoms with van der Waals surface area (Å²) in [7, 11) is 0. The number of nitrogens with zero attached hydrogens (tertiary/aromatic N) is 1. The van der Waals surface area contributed by atoms with Crippen LogP contribution in [0.3, 0.4) is 0 Å². The van der Waals surface area contributed by atoms with Crippen LogP contribution in [0.15, 0.2) is 16.9 Å². The Morgan fingerprint density at radius 2 is 2.04 bits per heavy atom. The fourth-order valence-electron chi connectivity index (χ4n) is 3.37. The molecule has 0 aliphatic carbocycles. The number of nitrogens with one attached hydrogen (secondary N) is 1. The van der Waals surface area contributed by atoms with Crippen LogP contribution < -0.4 is 10.3 Å². The second kappa shape index (κ2) is 8.58. The van der Waals surface area contributed by atoms with Crippen molar-refractivity contribution >= 4 is 22.7 Å². The van der Waals surface area contributed by atoms with Crippen molar-refractivity contribution in [2.75, 3.05) is 33.0 Å². The number of benzene rings is 1. The van der Waals surface area contributed by atoms with Crippen LogP contribution >= 0.6 is 11.8 Å². The van der Waals surface area contributed by atoms with Crippen molar-refractivity contribution in [2.24, 2.45) is 5.92 Å². The molecule has 0 spiro atoms. The van der Waals surface area contributed by atoms with Crippen LogP contribution in [0.25, 0.3) is 10.9 Å². The SMILES string of the molecule is O=c1[nH]c(CSC2CCOCC2)nc2cc(OC[C@H]3CCOC3)cc(F)c12. The number of fused-ring (bicyclic) bond motifs is 1. The minimum absolute atomic E-state index is 0.0219. The normalized spacial score (nSPS) is 21.0. The summed E-state index contributed by atoms with van der Waals surface area (Å²) in [6.07, 6.45) is 2.95. The first-order valence-electron chi connectivity index (χ1n) is 9.31. The van der Waals surface area contributed by atoms with E-state index in [9.17, 15) is 9.18 Å². The monoisotopic (exact) mass is 394 g/mol. The Hall–Kier alpha value is -1.64. The highest BCUT2D eigenvalue weighted by Gasteiger charge is 2.18. The van der Waals surface area contributed by atoms with E-state index in [0.717, 1.165) is 39.1 Å². The summed E-state index contributed by atoms with van der Waals surface area (Å²) in [6.45, 7) is 3.43. The summed E-state index contributed by atoms with van der Waals surface area (Å²) in [5, 5.41) is 0.478. The summed E-state index contributed by atoms with van der Waals surface area (Å²) in [5.74, 6) is 1.25. The van der Waals surface area contributed by atoms with Crippen LogP contribution in [-0.4, -0.2) is 48.3 Å². The molecule has 0 radical (unpaired) electrons. The van der Waals surface area contributed by atoms with E-state index in [4.69, 9.17) is 14.2 Å². The lowest BCUT2D eigenvalue weighted by Gasteiger charge is -2.21. The lowest BCUT2D eigenvalue weighted by Crippen LogP contribution is -2.18. The predicted molar refractivity (Wildman–Crippen MR) is 102 cm³/mol. The molecule has 6 nitrogen and oxygen atoms in total. The number of hydrogen-bond donors (Lipinski definition) is 1. The zero-order valence-corrected chi connectivity index (χ0v) is 15.9. The molecule has 8 heteroatoms. The molecule has 1 atom stereocenters. The number of halogens is 1. The third-order valence-electron chi connectivity index (χ3n) is 4.92. The van der Waals surface area contributed by atoms with Crippen molar-refractivity contribution in [3.63, 3.8) is 0 Å². The molecule has 4 rings (SSSR count). The maximum atomic E-state index is 14.4. The maximum absolute atomic E-state index is 14.4. The van der Waals surface area contributed by atoms with E-state index in [1.807, 2.05) is 0 Å². The molecule has 1 aromatic carbocycles. The van der Waals surface area contributed by atoms with Gasteiger partial charge >= 0.3 is 0 Å². The molecule has 2 aliphatic rings. The van der Waals surface area contributed by atoms with Gasteiger partial charge in [-0.2, -0.15) is 11.8 Å². The van der Waals surface area contributed by atoms with E-state index in [1.54, 1.807) is 17.8 Å². The lowest BCUT2D eigenvalue weighted by atomic mass is 10.1. The van der Waals surface area contributed by atoms with Crippen molar-refractivity contribution in [3.05, 3.63) is 34.1 Å².